The smallest absolute Gasteiger partial charge is 0.224 e. The Labute approximate surface area is 161 Å². The van der Waals surface area contributed by atoms with Crippen LogP contribution in [0.5, 0.6) is 5.75 Å². The van der Waals surface area contributed by atoms with Crippen molar-refractivity contribution in [1.29, 1.82) is 0 Å². The van der Waals surface area contributed by atoms with Crippen LogP contribution in [0, 0.1) is 0 Å². The van der Waals surface area contributed by atoms with Crippen LogP contribution < -0.4 is 15.0 Å². The first-order valence-corrected chi connectivity index (χ1v) is 10.00. The number of methoxy groups -OCH3 is 1. The van der Waals surface area contributed by atoms with Crippen LogP contribution in [0.2, 0.25) is 0 Å². The van der Waals surface area contributed by atoms with Crippen molar-refractivity contribution in [2.45, 2.75) is 38.3 Å². The minimum atomic E-state index is 0.419. The van der Waals surface area contributed by atoms with Crippen molar-refractivity contribution in [3.05, 3.63) is 42.1 Å². The molecule has 2 aliphatic rings. The second-order valence-electron chi connectivity index (χ2n) is 7.52. The van der Waals surface area contributed by atoms with E-state index in [-0.39, 0.29) is 0 Å². The molecule has 144 valence electrons. The van der Waals surface area contributed by atoms with Gasteiger partial charge < -0.3 is 15.0 Å². The third-order valence-electron chi connectivity index (χ3n) is 5.43. The van der Waals surface area contributed by atoms with Gasteiger partial charge in [-0.25, -0.2) is 4.98 Å². The summed E-state index contributed by atoms with van der Waals surface area (Å²) in [6.45, 7) is 5.22. The summed E-state index contributed by atoms with van der Waals surface area (Å²) >= 11 is 0. The lowest BCUT2D eigenvalue weighted by atomic mass is 10.1. The molecule has 2 saturated heterocycles. The average Bonchev–Trinajstić information content (AvgIpc) is 2.97. The number of aromatic nitrogens is 2. The number of rotatable bonds is 6. The van der Waals surface area contributed by atoms with Crippen molar-refractivity contribution in [3.8, 4) is 5.75 Å². The van der Waals surface area contributed by atoms with E-state index < -0.39 is 0 Å². The zero-order valence-corrected chi connectivity index (χ0v) is 16.1. The van der Waals surface area contributed by atoms with Crippen LogP contribution in [0.15, 0.2) is 36.5 Å². The third kappa shape index (κ3) is 4.69. The molecule has 1 aromatic carbocycles. The SMILES string of the molecule is COc1ccc(CN2CC(Nc3nccc(N4CCCCCC4)n3)C2)cc1. The van der Waals surface area contributed by atoms with Gasteiger partial charge in [0.05, 0.1) is 13.2 Å². The molecule has 1 aromatic heterocycles. The summed E-state index contributed by atoms with van der Waals surface area (Å²) in [5.74, 6) is 2.72. The number of nitrogens with zero attached hydrogens (tertiary/aromatic N) is 4. The lowest BCUT2D eigenvalue weighted by Crippen LogP contribution is -2.54. The van der Waals surface area contributed by atoms with Crippen LogP contribution in [0.3, 0.4) is 0 Å². The Balaban J connectivity index is 1.27. The molecule has 0 bridgehead atoms. The molecule has 6 heteroatoms. The van der Waals surface area contributed by atoms with Crippen LogP contribution in [0.25, 0.3) is 0 Å². The molecule has 0 amide bonds. The van der Waals surface area contributed by atoms with E-state index in [1.54, 1.807) is 7.11 Å². The second-order valence-corrected chi connectivity index (χ2v) is 7.52. The number of anilines is 2. The van der Waals surface area contributed by atoms with Crippen molar-refractivity contribution in [1.82, 2.24) is 14.9 Å². The lowest BCUT2D eigenvalue weighted by Gasteiger charge is -2.39. The Morgan fingerprint density at radius 2 is 1.78 bits per heavy atom. The van der Waals surface area contributed by atoms with Crippen LogP contribution in [-0.2, 0) is 6.54 Å². The van der Waals surface area contributed by atoms with Gasteiger partial charge in [-0.05, 0) is 36.6 Å². The molecule has 0 unspecified atom stereocenters. The van der Waals surface area contributed by atoms with E-state index in [1.807, 2.05) is 24.4 Å². The molecule has 27 heavy (non-hydrogen) atoms. The molecule has 6 nitrogen and oxygen atoms in total. The predicted octanol–water partition coefficient (Wildman–Crippen LogP) is 3.16. The quantitative estimate of drug-likeness (QED) is 0.846. The third-order valence-corrected chi connectivity index (χ3v) is 5.43. The molecule has 2 aromatic rings. The first-order valence-electron chi connectivity index (χ1n) is 10.00. The molecule has 2 aliphatic heterocycles. The molecule has 0 radical (unpaired) electrons. The van der Waals surface area contributed by atoms with Gasteiger partial charge in [0.15, 0.2) is 0 Å². The van der Waals surface area contributed by atoms with Gasteiger partial charge in [-0.1, -0.05) is 25.0 Å². The summed E-state index contributed by atoms with van der Waals surface area (Å²) in [6, 6.07) is 10.8. The monoisotopic (exact) mass is 367 g/mol. The largest absolute Gasteiger partial charge is 0.497 e. The Hall–Kier alpha value is -2.34. The molecule has 0 aliphatic carbocycles. The van der Waals surface area contributed by atoms with Crippen LogP contribution >= 0.6 is 0 Å². The molecule has 4 rings (SSSR count). The number of likely N-dealkylation sites (tertiary alicyclic amines) is 1. The summed E-state index contributed by atoms with van der Waals surface area (Å²) in [4.78, 5) is 14.0. The highest BCUT2D eigenvalue weighted by Gasteiger charge is 2.27. The van der Waals surface area contributed by atoms with E-state index in [2.05, 4.69) is 32.2 Å². The highest BCUT2D eigenvalue weighted by molar-refractivity contribution is 5.43. The summed E-state index contributed by atoms with van der Waals surface area (Å²) in [6.07, 6.45) is 7.06. The maximum Gasteiger partial charge on any atom is 0.224 e. The fraction of sp³-hybridized carbons (Fsp3) is 0.524. The van der Waals surface area contributed by atoms with E-state index in [9.17, 15) is 0 Å². The van der Waals surface area contributed by atoms with E-state index in [0.717, 1.165) is 50.2 Å². The number of ether oxygens (including phenoxy) is 1. The predicted molar refractivity (Wildman–Crippen MR) is 108 cm³/mol. The zero-order chi connectivity index (χ0) is 18.5. The Morgan fingerprint density at radius 1 is 1.04 bits per heavy atom. The van der Waals surface area contributed by atoms with Gasteiger partial charge in [-0.15, -0.1) is 0 Å². The molecule has 0 spiro atoms. The summed E-state index contributed by atoms with van der Waals surface area (Å²) in [7, 11) is 1.70. The van der Waals surface area contributed by atoms with E-state index in [0.29, 0.717) is 6.04 Å². The minimum absolute atomic E-state index is 0.419. The summed E-state index contributed by atoms with van der Waals surface area (Å²) < 4.78 is 5.22. The topological polar surface area (TPSA) is 53.5 Å². The molecule has 0 atom stereocenters. The molecule has 2 fully saturated rings. The normalized spacial score (nSPS) is 18.6. The Bertz CT molecular complexity index is 722. The van der Waals surface area contributed by atoms with E-state index >= 15 is 0 Å². The second kappa shape index (κ2) is 8.57. The fourth-order valence-electron chi connectivity index (χ4n) is 3.86. The van der Waals surface area contributed by atoms with Crippen molar-refractivity contribution in [3.63, 3.8) is 0 Å². The van der Waals surface area contributed by atoms with Gasteiger partial charge in [0.1, 0.15) is 11.6 Å². The van der Waals surface area contributed by atoms with Gasteiger partial charge in [0.2, 0.25) is 5.95 Å². The summed E-state index contributed by atoms with van der Waals surface area (Å²) in [5, 5.41) is 3.50. The van der Waals surface area contributed by atoms with Gasteiger partial charge in [-0.3, -0.25) is 4.90 Å². The maximum atomic E-state index is 5.22. The fourth-order valence-corrected chi connectivity index (χ4v) is 3.86. The van der Waals surface area contributed by atoms with Gasteiger partial charge in [0.25, 0.3) is 0 Å². The molecule has 0 saturated carbocycles. The van der Waals surface area contributed by atoms with Crippen molar-refractivity contribution >= 4 is 11.8 Å². The average molecular weight is 367 g/mol. The number of hydrogen-bond donors (Lipinski definition) is 1. The van der Waals surface area contributed by atoms with Crippen molar-refractivity contribution in [2.24, 2.45) is 0 Å². The Morgan fingerprint density at radius 3 is 2.48 bits per heavy atom. The highest BCUT2D eigenvalue weighted by Crippen LogP contribution is 2.21. The molecular weight excluding hydrogens is 338 g/mol. The van der Waals surface area contributed by atoms with Crippen LogP contribution in [0.4, 0.5) is 11.8 Å². The van der Waals surface area contributed by atoms with Gasteiger partial charge >= 0.3 is 0 Å². The van der Waals surface area contributed by atoms with Crippen LogP contribution in [0.1, 0.15) is 31.2 Å². The summed E-state index contributed by atoms with van der Waals surface area (Å²) in [5.41, 5.74) is 1.31. The number of nitrogens with one attached hydrogen (secondary N) is 1. The lowest BCUT2D eigenvalue weighted by molar-refractivity contribution is 0.152. The first kappa shape index (κ1) is 18.0. The molecular formula is C21H29N5O. The number of benzene rings is 1. The molecule has 1 N–H and O–H groups in total. The van der Waals surface area contributed by atoms with Gasteiger partial charge in [-0.2, -0.15) is 4.98 Å². The number of hydrogen-bond acceptors (Lipinski definition) is 6. The standard InChI is InChI=1S/C21H29N5O/c1-27-19-8-6-17(7-9-19)14-25-15-18(16-25)23-21-22-11-10-20(24-21)26-12-4-2-3-5-13-26/h6-11,18H,2-5,12-16H2,1H3,(H,22,23,24). The maximum absolute atomic E-state index is 5.22. The zero-order valence-electron chi connectivity index (χ0n) is 16.1. The first-order chi connectivity index (χ1) is 13.3. The van der Waals surface area contributed by atoms with E-state index in [1.165, 1.54) is 31.2 Å². The van der Waals surface area contributed by atoms with E-state index in [4.69, 9.17) is 9.72 Å². The van der Waals surface area contributed by atoms with Crippen molar-refractivity contribution in [2.75, 3.05) is 43.5 Å². The highest BCUT2D eigenvalue weighted by atomic mass is 16.5. The molecule has 3 heterocycles. The van der Waals surface area contributed by atoms with Crippen LogP contribution in [-0.4, -0.2) is 54.2 Å². The van der Waals surface area contributed by atoms with Crippen molar-refractivity contribution < 1.29 is 4.74 Å². The van der Waals surface area contributed by atoms with Gasteiger partial charge in [0, 0.05) is 38.9 Å². The minimum Gasteiger partial charge on any atom is -0.497 e. The Kier molecular flexibility index (Phi) is 5.72.